The van der Waals surface area contributed by atoms with E-state index >= 15 is 0 Å². The lowest BCUT2D eigenvalue weighted by Gasteiger charge is -2.33. The zero-order chi connectivity index (χ0) is 48.4. The summed E-state index contributed by atoms with van der Waals surface area (Å²) in [5, 5.41) is 3.67. The first-order chi connectivity index (χ1) is 34.4. The lowest BCUT2D eigenvalue weighted by atomic mass is 9.87. The number of aromatic nitrogens is 1. The molecule has 0 N–H and O–H groups in total. The Balaban J connectivity index is 1.02. The van der Waals surface area contributed by atoms with Crippen molar-refractivity contribution in [3.63, 3.8) is 0 Å². The van der Waals surface area contributed by atoms with Crippen molar-refractivity contribution in [3.8, 4) is 22.6 Å². The van der Waals surface area contributed by atoms with Gasteiger partial charge in [-0.25, -0.2) is 0 Å². The van der Waals surface area contributed by atoms with Crippen LogP contribution in [0.1, 0.15) is 55.2 Å². The van der Waals surface area contributed by atoms with E-state index in [1.807, 2.05) is 48.7 Å². The molecule has 0 amide bonds. The van der Waals surface area contributed by atoms with Crippen LogP contribution in [0.4, 0.5) is 11.4 Å². The van der Waals surface area contributed by atoms with Gasteiger partial charge in [0.1, 0.15) is 11.9 Å². The van der Waals surface area contributed by atoms with Crippen LogP contribution in [-0.4, -0.2) is 21.6 Å². The van der Waals surface area contributed by atoms with Gasteiger partial charge in [0.25, 0.3) is 0 Å². The van der Waals surface area contributed by atoms with Crippen LogP contribution in [0.5, 0.6) is 5.75 Å². The number of fused-ring (bicyclic) bond motifs is 2. The number of allylic oxidation sites excluding steroid dienone is 8. The van der Waals surface area contributed by atoms with E-state index in [1.54, 1.807) is 6.08 Å². The van der Waals surface area contributed by atoms with Crippen LogP contribution < -0.4 is 20.2 Å². The molecule has 2 heterocycles. The Labute approximate surface area is 414 Å². The normalized spacial score (nSPS) is 17.5. The fourth-order valence-corrected chi connectivity index (χ4v) is 10.0. The maximum Gasteiger partial charge on any atom is 0.149 e. The number of hydrogen-bond donors (Lipinski definition) is 0. The summed E-state index contributed by atoms with van der Waals surface area (Å²) in [5.41, 5.74) is 12.5. The number of nitrogens with zero attached hydrogens (tertiary/aromatic N) is 3. The minimum Gasteiger partial charge on any atom is -0.483 e. The average Bonchev–Trinajstić information content (AvgIpc) is 3.96. The minimum atomic E-state index is -0.291. The number of rotatable bonds is 17. The quantitative estimate of drug-likeness (QED) is 0.0671. The highest BCUT2D eigenvalue weighted by Crippen LogP contribution is 2.42. The van der Waals surface area contributed by atoms with E-state index < -0.39 is 0 Å². The van der Waals surface area contributed by atoms with Gasteiger partial charge in [-0.1, -0.05) is 177 Å². The maximum atomic E-state index is 6.49. The van der Waals surface area contributed by atoms with Crippen molar-refractivity contribution in [1.82, 2.24) is 9.47 Å². The Morgan fingerprint density at radius 1 is 0.729 bits per heavy atom. The van der Waals surface area contributed by atoms with Gasteiger partial charge in [0, 0.05) is 62.8 Å². The molecule has 0 radical (unpaired) electrons. The second-order valence-corrected chi connectivity index (χ2v) is 17.6. The predicted molar refractivity (Wildman–Crippen MR) is 299 cm³/mol. The summed E-state index contributed by atoms with van der Waals surface area (Å²) < 4.78 is 8.86. The van der Waals surface area contributed by atoms with Crippen LogP contribution in [0.25, 0.3) is 45.4 Å². The molecule has 1 aliphatic carbocycles. The van der Waals surface area contributed by atoms with E-state index in [1.165, 1.54) is 49.3 Å². The smallest absolute Gasteiger partial charge is 0.149 e. The molecule has 4 nitrogen and oxygen atoms in total. The molecule has 346 valence electrons. The van der Waals surface area contributed by atoms with E-state index in [-0.39, 0.29) is 24.0 Å². The third-order valence-corrected chi connectivity index (χ3v) is 13.5. The van der Waals surface area contributed by atoms with Gasteiger partial charge in [-0.2, -0.15) is 0 Å². The maximum absolute atomic E-state index is 6.49. The fourth-order valence-electron chi connectivity index (χ4n) is 10.0. The molecule has 0 saturated heterocycles. The third-order valence-electron chi connectivity index (χ3n) is 13.5. The van der Waals surface area contributed by atoms with Crippen LogP contribution >= 0.6 is 0 Å². The number of ether oxygens (including phenoxy) is 1. The van der Waals surface area contributed by atoms with Gasteiger partial charge in [0.2, 0.25) is 0 Å². The summed E-state index contributed by atoms with van der Waals surface area (Å²) in [6.45, 7) is 21.2. The zero-order valence-electron chi connectivity index (χ0n) is 40.3. The van der Waals surface area contributed by atoms with Gasteiger partial charge in [-0.3, -0.25) is 0 Å². The lowest BCUT2D eigenvalue weighted by Crippen LogP contribution is -2.30. The molecule has 7 aromatic rings. The van der Waals surface area contributed by atoms with Crippen LogP contribution in [-0.2, 0) is 0 Å². The summed E-state index contributed by atoms with van der Waals surface area (Å²) in [6, 6.07) is 54.3. The molecule has 1 aliphatic heterocycles. The monoisotopic (exact) mass is 911 g/mol. The Kier molecular flexibility index (Phi) is 14.5. The molecule has 4 heteroatoms. The van der Waals surface area contributed by atoms with Gasteiger partial charge in [-0.05, 0) is 115 Å². The van der Waals surface area contributed by atoms with Crippen molar-refractivity contribution in [2.45, 2.75) is 50.7 Å². The van der Waals surface area contributed by atoms with Crippen molar-refractivity contribution in [3.05, 3.63) is 284 Å². The molecule has 0 saturated carbocycles. The Morgan fingerprint density at radius 3 is 2.16 bits per heavy atom. The molecule has 2 aliphatic rings. The number of para-hydroxylation sites is 3. The number of benzene rings is 6. The van der Waals surface area contributed by atoms with E-state index in [9.17, 15) is 0 Å². The largest absolute Gasteiger partial charge is 0.483 e. The van der Waals surface area contributed by atoms with Gasteiger partial charge in [-0.15, -0.1) is 13.2 Å². The second kappa shape index (κ2) is 21.7. The first-order valence-corrected chi connectivity index (χ1v) is 24.3. The third kappa shape index (κ3) is 9.68. The summed E-state index contributed by atoms with van der Waals surface area (Å²) in [6.07, 6.45) is 30.8. The van der Waals surface area contributed by atoms with E-state index in [0.29, 0.717) is 0 Å². The van der Waals surface area contributed by atoms with Crippen molar-refractivity contribution in [2.24, 2.45) is 0 Å². The van der Waals surface area contributed by atoms with Crippen molar-refractivity contribution in [1.29, 1.82) is 0 Å². The lowest BCUT2D eigenvalue weighted by molar-refractivity contribution is 0.232. The molecule has 9 rings (SSSR count). The molecule has 70 heavy (non-hydrogen) atoms. The van der Waals surface area contributed by atoms with Gasteiger partial charge >= 0.3 is 0 Å². The molecule has 0 spiro atoms. The SMILES string of the molecule is C=C/C=C\C=C\N(/C=C/CC(C=C)c1cc(C2=CCC(N(c3ccccc3)c3ccc4c(c3)c(=C/C)/c(=C\C)n4-c3ccccc3)C=C2)cc(-c2ccccc2)c1)C(=C)C1Oc2ccccc2[C@@H]1C=C. The molecule has 0 bridgehead atoms. The molecule has 3 unspecified atom stereocenters. The standard InChI is InChI=1S/C66H61N3O/c1-7-12-13-25-42-67(48(6)66-60(10-4)61-34-23-24-35-65(61)70-66)43-26-29-49(8-2)52-44-53(50-27-17-14-18-28-50)46-54(45-52)51-36-38-57(39-37-51)68(55-30-19-15-20-31-55)58-40-41-64-62(47-58)59(9-3)63(11-5)69(64)56-32-21-16-22-33-56/h7-28,30-38,40-47,49,57,60,66H,1-2,4,6,29,39H2,3,5H3/b13-12-,42-25+,43-26+,59-9-,63-11+/t49?,57?,60-,66?/m0/s1. The highest BCUT2D eigenvalue weighted by atomic mass is 16.5. The topological polar surface area (TPSA) is 20.6 Å². The van der Waals surface area contributed by atoms with E-state index in [4.69, 9.17) is 4.74 Å². The molecular weight excluding hydrogens is 851 g/mol. The highest BCUT2D eigenvalue weighted by molar-refractivity contribution is 5.89. The van der Waals surface area contributed by atoms with E-state index in [2.05, 4.69) is 237 Å². The summed E-state index contributed by atoms with van der Waals surface area (Å²) >= 11 is 0. The molecular formula is C66H61N3O. The Morgan fingerprint density at radius 2 is 1.46 bits per heavy atom. The van der Waals surface area contributed by atoms with Gasteiger partial charge in [0.05, 0.1) is 17.3 Å². The molecule has 6 aromatic carbocycles. The molecule has 1 aromatic heterocycles. The van der Waals surface area contributed by atoms with Gasteiger partial charge < -0.3 is 19.1 Å². The van der Waals surface area contributed by atoms with Crippen LogP contribution in [0, 0.1) is 0 Å². The summed E-state index contributed by atoms with van der Waals surface area (Å²) in [7, 11) is 0. The average molecular weight is 912 g/mol. The Hall–Kier alpha value is -8.34. The second-order valence-electron chi connectivity index (χ2n) is 17.6. The van der Waals surface area contributed by atoms with Gasteiger partial charge in [0.15, 0.2) is 0 Å². The summed E-state index contributed by atoms with van der Waals surface area (Å²) in [5.74, 6) is 0.899. The molecule has 0 fully saturated rings. The first-order valence-electron chi connectivity index (χ1n) is 24.3. The number of anilines is 2. The van der Waals surface area contributed by atoms with Crippen molar-refractivity contribution < 1.29 is 4.74 Å². The predicted octanol–water partition coefficient (Wildman–Crippen LogP) is 15.4. The van der Waals surface area contributed by atoms with Crippen LogP contribution in [0.15, 0.2) is 257 Å². The highest BCUT2D eigenvalue weighted by Gasteiger charge is 2.35. The number of hydrogen-bond acceptors (Lipinski definition) is 3. The van der Waals surface area contributed by atoms with Crippen LogP contribution in [0.2, 0.25) is 0 Å². The Bertz CT molecular complexity index is 3310. The van der Waals surface area contributed by atoms with E-state index in [0.717, 1.165) is 46.9 Å². The van der Waals surface area contributed by atoms with Crippen LogP contribution in [0.3, 0.4) is 0 Å². The zero-order valence-corrected chi connectivity index (χ0v) is 40.3. The fraction of sp³-hybridized carbons (Fsp3) is 0.121. The van der Waals surface area contributed by atoms with Crippen molar-refractivity contribution in [2.75, 3.05) is 4.90 Å². The summed E-state index contributed by atoms with van der Waals surface area (Å²) in [4.78, 5) is 4.54. The van der Waals surface area contributed by atoms with Crippen molar-refractivity contribution >= 4 is 40.0 Å². The molecule has 4 atom stereocenters. The first kappa shape index (κ1) is 46.8. The minimum absolute atomic E-state index is 0.0135.